The van der Waals surface area contributed by atoms with E-state index in [2.05, 4.69) is 10.6 Å². The lowest BCUT2D eigenvalue weighted by atomic mass is 9.84. The SMILES string of the molecule is CC(=O)Nc1cccc(NC(=O)C2C3CCC(C3)C2N)c1.Cl. The summed E-state index contributed by atoms with van der Waals surface area (Å²) in [5.74, 6) is 0.747. The van der Waals surface area contributed by atoms with Crippen molar-refractivity contribution in [1.29, 1.82) is 0 Å². The van der Waals surface area contributed by atoms with Gasteiger partial charge in [0.25, 0.3) is 0 Å². The molecule has 4 unspecified atom stereocenters. The summed E-state index contributed by atoms with van der Waals surface area (Å²) in [6.07, 6.45) is 3.36. The van der Waals surface area contributed by atoms with E-state index in [1.807, 2.05) is 12.1 Å². The van der Waals surface area contributed by atoms with Gasteiger partial charge in [-0.15, -0.1) is 12.4 Å². The van der Waals surface area contributed by atoms with Gasteiger partial charge in [-0.25, -0.2) is 0 Å². The van der Waals surface area contributed by atoms with Crippen molar-refractivity contribution in [2.45, 2.75) is 32.2 Å². The first kappa shape index (κ1) is 16.8. The van der Waals surface area contributed by atoms with Gasteiger partial charge in [0.1, 0.15) is 0 Å². The first-order valence-corrected chi connectivity index (χ1v) is 7.48. The number of carbonyl (C=O) groups is 2. The molecular formula is C16H22ClN3O2. The van der Waals surface area contributed by atoms with Gasteiger partial charge in [-0.3, -0.25) is 9.59 Å². The van der Waals surface area contributed by atoms with Crippen LogP contribution in [-0.4, -0.2) is 17.9 Å². The molecule has 1 aromatic rings. The van der Waals surface area contributed by atoms with Crippen molar-refractivity contribution in [3.8, 4) is 0 Å². The number of rotatable bonds is 3. The summed E-state index contributed by atoms with van der Waals surface area (Å²) in [5.41, 5.74) is 7.57. The minimum Gasteiger partial charge on any atom is -0.327 e. The second-order valence-corrected chi connectivity index (χ2v) is 6.19. The molecule has 2 aliphatic rings. The maximum Gasteiger partial charge on any atom is 0.229 e. The second-order valence-electron chi connectivity index (χ2n) is 6.19. The van der Waals surface area contributed by atoms with Crippen LogP contribution in [-0.2, 0) is 9.59 Å². The van der Waals surface area contributed by atoms with Gasteiger partial charge in [-0.05, 0) is 49.3 Å². The Morgan fingerprint density at radius 1 is 1.14 bits per heavy atom. The Morgan fingerprint density at radius 2 is 1.77 bits per heavy atom. The Kier molecular flexibility index (Phi) is 5.08. The molecule has 4 N–H and O–H groups in total. The number of amides is 2. The monoisotopic (exact) mass is 323 g/mol. The van der Waals surface area contributed by atoms with E-state index < -0.39 is 0 Å². The van der Waals surface area contributed by atoms with Gasteiger partial charge in [0.2, 0.25) is 11.8 Å². The molecule has 0 saturated heterocycles. The van der Waals surface area contributed by atoms with Crippen molar-refractivity contribution in [2.75, 3.05) is 10.6 Å². The van der Waals surface area contributed by atoms with Crippen molar-refractivity contribution in [2.24, 2.45) is 23.5 Å². The zero-order valence-corrected chi connectivity index (χ0v) is 13.4. The normalized spacial score (nSPS) is 28.8. The molecule has 0 aromatic heterocycles. The first-order valence-electron chi connectivity index (χ1n) is 7.48. The molecule has 1 aromatic carbocycles. The van der Waals surface area contributed by atoms with E-state index in [0.29, 0.717) is 23.2 Å². The van der Waals surface area contributed by atoms with Crippen LogP contribution in [0.15, 0.2) is 24.3 Å². The van der Waals surface area contributed by atoms with Crippen LogP contribution < -0.4 is 16.4 Å². The summed E-state index contributed by atoms with van der Waals surface area (Å²) in [6.45, 7) is 1.46. The molecule has 0 aliphatic heterocycles. The third-order valence-electron chi connectivity index (χ3n) is 4.73. The highest BCUT2D eigenvalue weighted by Crippen LogP contribution is 2.47. The van der Waals surface area contributed by atoms with E-state index >= 15 is 0 Å². The van der Waals surface area contributed by atoms with Crippen LogP contribution >= 0.6 is 12.4 Å². The van der Waals surface area contributed by atoms with Gasteiger partial charge >= 0.3 is 0 Å². The highest BCUT2D eigenvalue weighted by atomic mass is 35.5. The Balaban J connectivity index is 0.00000176. The molecule has 2 aliphatic carbocycles. The molecule has 0 heterocycles. The number of anilines is 2. The van der Waals surface area contributed by atoms with Gasteiger partial charge in [0, 0.05) is 24.3 Å². The largest absolute Gasteiger partial charge is 0.327 e. The molecular weight excluding hydrogens is 302 g/mol. The molecule has 2 fully saturated rings. The fourth-order valence-corrected chi connectivity index (χ4v) is 3.83. The van der Waals surface area contributed by atoms with Crippen molar-refractivity contribution in [3.63, 3.8) is 0 Å². The Bertz CT molecular complexity index is 576. The lowest BCUT2D eigenvalue weighted by molar-refractivity contribution is -0.121. The van der Waals surface area contributed by atoms with Crippen LogP contribution in [0.2, 0.25) is 0 Å². The van der Waals surface area contributed by atoms with E-state index in [1.165, 1.54) is 6.92 Å². The van der Waals surface area contributed by atoms with Crippen LogP contribution in [0, 0.1) is 17.8 Å². The van der Waals surface area contributed by atoms with Crippen molar-refractivity contribution < 1.29 is 9.59 Å². The third-order valence-corrected chi connectivity index (χ3v) is 4.73. The molecule has 5 nitrogen and oxygen atoms in total. The average Bonchev–Trinajstić information content (AvgIpc) is 2.98. The Morgan fingerprint density at radius 3 is 2.36 bits per heavy atom. The van der Waals surface area contributed by atoms with E-state index in [9.17, 15) is 9.59 Å². The smallest absolute Gasteiger partial charge is 0.229 e. The number of nitrogens with one attached hydrogen (secondary N) is 2. The van der Waals surface area contributed by atoms with Crippen LogP contribution in [0.25, 0.3) is 0 Å². The van der Waals surface area contributed by atoms with Gasteiger partial charge in [0.15, 0.2) is 0 Å². The summed E-state index contributed by atoms with van der Waals surface area (Å²) in [6, 6.07) is 7.17. The predicted octanol–water partition coefficient (Wildman–Crippen LogP) is 2.38. The van der Waals surface area contributed by atoms with E-state index in [4.69, 9.17) is 5.73 Å². The van der Waals surface area contributed by atoms with E-state index in [1.54, 1.807) is 12.1 Å². The molecule has 4 atom stereocenters. The van der Waals surface area contributed by atoms with Crippen LogP contribution in [0.4, 0.5) is 11.4 Å². The standard InChI is InChI=1S/C16H21N3O2.ClH/c1-9(20)18-12-3-2-4-13(8-12)19-16(21)14-10-5-6-11(7-10)15(14)17;/h2-4,8,10-11,14-15H,5-7,17H2,1H3,(H,18,20)(H,19,21);1H. The zero-order valence-electron chi connectivity index (χ0n) is 12.5. The number of hydrogen-bond acceptors (Lipinski definition) is 3. The predicted molar refractivity (Wildman–Crippen MR) is 88.9 cm³/mol. The summed E-state index contributed by atoms with van der Waals surface area (Å²) in [5, 5.41) is 5.65. The number of hydrogen-bond donors (Lipinski definition) is 3. The number of nitrogens with two attached hydrogens (primary N) is 1. The number of halogens is 1. The quantitative estimate of drug-likeness (QED) is 0.798. The average molecular weight is 324 g/mol. The number of benzene rings is 1. The fraction of sp³-hybridized carbons (Fsp3) is 0.500. The van der Waals surface area contributed by atoms with E-state index in [0.717, 1.165) is 19.3 Å². The Labute approximate surface area is 136 Å². The number of fused-ring (bicyclic) bond motifs is 2. The zero-order chi connectivity index (χ0) is 15.0. The maximum absolute atomic E-state index is 12.5. The lowest BCUT2D eigenvalue weighted by Gasteiger charge is -2.27. The fourth-order valence-electron chi connectivity index (χ4n) is 3.83. The Hall–Kier alpha value is -1.59. The lowest BCUT2D eigenvalue weighted by Crippen LogP contribution is -2.42. The number of carbonyl (C=O) groups excluding carboxylic acids is 2. The molecule has 6 heteroatoms. The molecule has 22 heavy (non-hydrogen) atoms. The van der Waals surface area contributed by atoms with Crippen molar-refractivity contribution in [3.05, 3.63) is 24.3 Å². The molecule has 0 spiro atoms. The van der Waals surface area contributed by atoms with Crippen molar-refractivity contribution >= 4 is 35.6 Å². The van der Waals surface area contributed by atoms with Crippen molar-refractivity contribution in [1.82, 2.24) is 0 Å². The highest BCUT2D eigenvalue weighted by molar-refractivity contribution is 5.95. The molecule has 0 radical (unpaired) electrons. The van der Waals surface area contributed by atoms with Crippen LogP contribution in [0.5, 0.6) is 0 Å². The minimum atomic E-state index is -0.131. The summed E-state index contributed by atoms with van der Waals surface area (Å²) < 4.78 is 0. The molecule has 2 saturated carbocycles. The van der Waals surface area contributed by atoms with Gasteiger partial charge in [0.05, 0.1) is 5.92 Å². The van der Waals surface area contributed by atoms with Gasteiger partial charge < -0.3 is 16.4 Å². The first-order chi connectivity index (χ1) is 10.0. The molecule has 2 amide bonds. The van der Waals surface area contributed by atoms with Crippen LogP contribution in [0.3, 0.4) is 0 Å². The maximum atomic E-state index is 12.5. The van der Waals surface area contributed by atoms with Crippen LogP contribution in [0.1, 0.15) is 26.2 Å². The van der Waals surface area contributed by atoms with Gasteiger partial charge in [-0.1, -0.05) is 6.07 Å². The third kappa shape index (κ3) is 3.25. The molecule has 3 rings (SSSR count). The molecule has 2 bridgehead atoms. The van der Waals surface area contributed by atoms with E-state index in [-0.39, 0.29) is 36.2 Å². The van der Waals surface area contributed by atoms with Gasteiger partial charge in [-0.2, -0.15) is 0 Å². The second kappa shape index (κ2) is 6.67. The highest BCUT2D eigenvalue weighted by Gasteiger charge is 2.49. The minimum absolute atomic E-state index is 0. The molecule has 120 valence electrons. The summed E-state index contributed by atoms with van der Waals surface area (Å²) in [4.78, 5) is 23.5. The topological polar surface area (TPSA) is 84.2 Å². The summed E-state index contributed by atoms with van der Waals surface area (Å²) in [7, 11) is 0. The summed E-state index contributed by atoms with van der Waals surface area (Å²) >= 11 is 0.